The number of aromatic nitrogens is 3. The van der Waals surface area contributed by atoms with Gasteiger partial charge in [0.05, 0.1) is 6.20 Å². The van der Waals surface area contributed by atoms with Crippen LogP contribution in [-0.4, -0.2) is 20.9 Å². The summed E-state index contributed by atoms with van der Waals surface area (Å²) in [6.07, 6.45) is 1.62. The summed E-state index contributed by atoms with van der Waals surface area (Å²) in [5.41, 5.74) is 0. The summed E-state index contributed by atoms with van der Waals surface area (Å²) in [7, 11) is 0. The van der Waals surface area contributed by atoms with Crippen LogP contribution in [0.2, 0.25) is 5.28 Å². The van der Waals surface area contributed by atoms with Crippen molar-refractivity contribution in [2.45, 2.75) is 18.9 Å². The number of hydrogen-bond donors (Lipinski definition) is 0. The van der Waals surface area contributed by atoms with E-state index in [0.29, 0.717) is 5.92 Å². The Balaban J connectivity index is 2.52. The smallest absolute Gasteiger partial charge is 0.208 e. The van der Waals surface area contributed by atoms with Gasteiger partial charge in [0.2, 0.25) is 5.28 Å². The Hall–Kier alpha value is -0.350. The lowest BCUT2D eigenvalue weighted by Crippen LogP contribution is -1.93. The van der Waals surface area contributed by atoms with E-state index in [-0.39, 0.29) is 5.28 Å². The molecule has 0 aliphatic rings. The SMILES string of the molecule is CC(C)CSc1cnnc(Cl)n1. The van der Waals surface area contributed by atoms with Gasteiger partial charge in [-0.3, -0.25) is 0 Å². The van der Waals surface area contributed by atoms with Crippen molar-refractivity contribution in [2.24, 2.45) is 5.92 Å². The van der Waals surface area contributed by atoms with Gasteiger partial charge in [-0.25, -0.2) is 4.98 Å². The second-order valence-electron chi connectivity index (χ2n) is 2.77. The molecule has 0 saturated heterocycles. The van der Waals surface area contributed by atoms with Crippen LogP contribution in [0.1, 0.15) is 13.8 Å². The van der Waals surface area contributed by atoms with Gasteiger partial charge in [-0.15, -0.1) is 16.9 Å². The third-order valence-electron chi connectivity index (χ3n) is 1.08. The largest absolute Gasteiger partial charge is 0.244 e. The van der Waals surface area contributed by atoms with Gasteiger partial charge in [-0.05, 0) is 17.5 Å². The molecule has 0 atom stereocenters. The molecule has 3 nitrogen and oxygen atoms in total. The molecule has 0 fully saturated rings. The molecule has 0 aliphatic heterocycles. The summed E-state index contributed by atoms with van der Waals surface area (Å²) in [5.74, 6) is 1.67. The maximum Gasteiger partial charge on any atom is 0.244 e. The highest BCUT2D eigenvalue weighted by molar-refractivity contribution is 7.99. The Morgan fingerprint density at radius 3 is 2.92 bits per heavy atom. The molecule has 1 aromatic rings. The Bertz CT molecular complexity index is 254. The van der Waals surface area contributed by atoms with Crippen LogP contribution in [0.4, 0.5) is 0 Å². The van der Waals surface area contributed by atoms with Crippen molar-refractivity contribution in [3.8, 4) is 0 Å². The minimum atomic E-state index is 0.212. The van der Waals surface area contributed by atoms with Gasteiger partial charge >= 0.3 is 0 Å². The third-order valence-corrected chi connectivity index (χ3v) is 2.56. The molecule has 0 bridgehead atoms. The Morgan fingerprint density at radius 1 is 1.58 bits per heavy atom. The summed E-state index contributed by atoms with van der Waals surface area (Å²) in [4.78, 5) is 4.00. The number of hydrogen-bond acceptors (Lipinski definition) is 4. The first-order valence-corrected chi connectivity index (χ1v) is 5.03. The first-order chi connectivity index (χ1) is 5.68. The van der Waals surface area contributed by atoms with Crippen molar-refractivity contribution in [2.75, 3.05) is 5.75 Å². The molecule has 0 N–H and O–H groups in total. The van der Waals surface area contributed by atoms with E-state index in [1.165, 1.54) is 0 Å². The average molecular weight is 204 g/mol. The zero-order chi connectivity index (χ0) is 8.97. The van der Waals surface area contributed by atoms with E-state index in [0.717, 1.165) is 10.8 Å². The average Bonchev–Trinajstić information content (AvgIpc) is 2.01. The molecule has 0 aliphatic carbocycles. The molecule has 66 valence electrons. The molecule has 0 saturated carbocycles. The van der Waals surface area contributed by atoms with Crippen LogP contribution in [0.5, 0.6) is 0 Å². The maximum atomic E-state index is 5.56. The van der Waals surface area contributed by atoms with Gasteiger partial charge in [0.15, 0.2) is 0 Å². The second kappa shape index (κ2) is 4.62. The fourth-order valence-corrected chi connectivity index (χ4v) is 1.55. The van der Waals surface area contributed by atoms with E-state index >= 15 is 0 Å². The zero-order valence-corrected chi connectivity index (χ0v) is 8.56. The Kier molecular flexibility index (Phi) is 3.75. The van der Waals surface area contributed by atoms with Crippen molar-refractivity contribution in [1.29, 1.82) is 0 Å². The molecular weight excluding hydrogens is 194 g/mol. The van der Waals surface area contributed by atoms with Gasteiger partial charge in [0, 0.05) is 5.75 Å². The predicted molar refractivity (Wildman–Crippen MR) is 50.4 cm³/mol. The van der Waals surface area contributed by atoms with Crippen molar-refractivity contribution in [3.05, 3.63) is 11.5 Å². The number of halogens is 1. The monoisotopic (exact) mass is 203 g/mol. The highest BCUT2D eigenvalue weighted by atomic mass is 35.5. The van der Waals surface area contributed by atoms with E-state index in [1.807, 2.05) is 0 Å². The van der Waals surface area contributed by atoms with Crippen LogP contribution in [0, 0.1) is 5.92 Å². The summed E-state index contributed by atoms with van der Waals surface area (Å²) < 4.78 is 0. The van der Waals surface area contributed by atoms with Gasteiger partial charge in [-0.1, -0.05) is 13.8 Å². The molecule has 0 radical (unpaired) electrons. The normalized spacial score (nSPS) is 10.7. The molecule has 0 unspecified atom stereocenters. The first-order valence-electron chi connectivity index (χ1n) is 3.66. The fraction of sp³-hybridized carbons (Fsp3) is 0.571. The number of thioether (sulfide) groups is 1. The van der Waals surface area contributed by atoms with E-state index in [2.05, 4.69) is 29.0 Å². The van der Waals surface area contributed by atoms with Crippen LogP contribution in [0.3, 0.4) is 0 Å². The highest BCUT2D eigenvalue weighted by Gasteiger charge is 2.00. The van der Waals surface area contributed by atoms with E-state index in [9.17, 15) is 0 Å². The molecule has 0 spiro atoms. The van der Waals surface area contributed by atoms with Crippen molar-refractivity contribution < 1.29 is 0 Å². The van der Waals surface area contributed by atoms with E-state index in [4.69, 9.17) is 11.6 Å². The van der Waals surface area contributed by atoms with Crippen LogP contribution >= 0.6 is 23.4 Å². The lowest BCUT2D eigenvalue weighted by Gasteiger charge is -2.01. The minimum Gasteiger partial charge on any atom is -0.208 e. The molecule has 5 heteroatoms. The Morgan fingerprint density at radius 2 is 2.33 bits per heavy atom. The van der Waals surface area contributed by atoms with Crippen molar-refractivity contribution >= 4 is 23.4 Å². The topological polar surface area (TPSA) is 38.7 Å². The van der Waals surface area contributed by atoms with Crippen LogP contribution in [-0.2, 0) is 0 Å². The lowest BCUT2D eigenvalue weighted by atomic mass is 10.3. The molecule has 1 aromatic heterocycles. The van der Waals surface area contributed by atoms with Crippen LogP contribution in [0.15, 0.2) is 11.2 Å². The first kappa shape index (κ1) is 9.74. The third kappa shape index (κ3) is 3.36. The fourth-order valence-electron chi connectivity index (χ4n) is 0.590. The van der Waals surface area contributed by atoms with Crippen molar-refractivity contribution in [3.63, 3.8) is 0 Å². The second-order valence-corrected chi connectivity index (χ2v) is 4.15. The summed E-state index contributed by atoms with van der Waals surface area (Å²) in [6.45, 7) is 4.31. The van der Waals surface area contributed by atoms with Gasteiger partial charge in [-0.2, -0.15) is 5.10 Å². The Labute approximate surface area is 80.9 Å². The lowest BCUT2D eigenvalue weighted by molar-refractivity contribution is 0.748. The minimum absolute atomic E-state index is 0.212. The predicted octanol–water partition coefficient (Wildman–Crippen LogP) is 2.27. The van der Waals surface area contributed by atoms with Crippen molar-refractivity contribution in [1.82, 2.24) is 15.2 Å². The quantitative estimate of drug-likeness (QED) is 0.707. The molecule has 0 aromatic carbocycles. The van der Waals surface area contributed by atoms with Crippen LogP contribution < -0.4 is 0 Å². The maximum absolute atomic E-state index is 5.56. The molecule has 1 rings (SSSR count). The number of nitrogens with zero attached hydrogens (tertiary/aromatic N) is 3. The standard InChI is InChI=1S/C7H10ClN3S/c1-5(2)4-12-6-3-9-11-7(8)10-6/h3,5H,4H2,1-2H3. The summed E-state index contributed by atoms with van der Waals surface area (Å²) in [6, 6.07) is 0. The van der Waals surface area contributed by atoms with Gasteiger partial charge in [0.1, 0.15) is 5.03 Å². The number of rotatable bonds is 3. The molecular formula is C7H10ClN3S. The highest BCUT2D eigenvalue weighted by Crippen LogP contribution is 2.17. The van der Waals surface area contributed by atoms with E-state index in [1.54, 1.807) is 18.0 Å². The molecule has 12 heavy (non-hydrogen) atoms. The summed E-state index contributed by atoms with van der Waals surface area (Å²) in [5, 5.41) is 8.30. The van der Waals surface area contributed by atoms with Gasteiger partial charge < -0.3 is 0 Å². The molecule has 0 amide bonds. The molecule has 1 heterocycles. The summed E-state index contributed by atoms with van der Waals surface area (Å²) >= 11 is 7.21. The van der Waals surface area contributed by atoms with Gasteiger partial charge in [0.25, 0.3) is 0 Å². The van der Waals surface area contributed by atoms with E-state index < -0.39 is 0 Å². The zero-order valence-electron chi connectivity index (χ0n) is 6.99. The van der Waals surface area contributed by atoms with Crippen LogP contribution in [0.25, 0.3) is 0 Å².